The number of hydrogen-bond donors (Lipinski definition) is 1. The highest BCUT2D eigenvalue weighted by Crippen LogP contribution is 2.21. The summed E-state index contributed by atoms with van der Waals surface area (Å²) in [7, 11) is 0. The maximum atomic E-state index is 12.2. The zero-order valence-corrected chi connectivity index (χ0v) is 13.4. The van der Waals surface area contributed by atoms with Crippen molar-refractivity contribution in [3.8, 4) is 0 Å². The fourth-order valence-corrected chi connectivity index (χ4v) is 3.39. The normalized spacial score (nSPS) is 11.2. The summed E-state index contributed by atoms with van der Waals surface area (Å²) in [4.78, 5) is 28.7. The van der Waals surface area contributed by atoms with Crippen LogP contribution in [-0.4, -0.2) is 22.0 Å². The Kier molecular flexibility index (Phi) is 3.62. The molecule has 1 amide bonds. The lowest BCUT2D eigenvalue weighted by Crippen LogP contribution is -2.30. The third-order valence-electron chi connectivity index (χ3n) is 3.71. The van der Waals surface area contributed by atoms with Gasteiger partial charge in [-0.15, -0.1) is 11.3 Å². The number of fused-ring (bicyclic) bond motifs is 2. The predicted molar refractivity (Wildman–Crippen MR) is 92.4 cm³/mol. The van der Waals surface area contributed by atoms with Crippen molar-refractivity contribution in [3.63, 3.8) is 0 Å². The minimum absolute atomic E-state index is 0.202. The molecule has 0 radical (unpaired) electrons. The summed E-state index contributed by atoms with van der Waals surface area (Å²) in [6.07, 6.45) is 3.19. The maximum absolute atomic E-state index is 12.2. The molecule has 4 aromatic rings. The van der Waals surface area contributed by atoms with Crippen molar-refractivity contribution >= 4 is 38.4 Å². The van der Waals surface area contributed by atoms with Gasteiger partial charge in [0.1, 0.15) is 0 Å². The summed E-state index contributed by atoms with van der Waals surface area (Å²) in [5, 5.41) is 3.99. The van der Waals surface area contributed by atoms with Crippen molar-refractivity contribution in [1.29, 1.82) is 0 Å². The van der Waals surface area contributed by atoms with E-state index in [1.807, 2.05) is 30.3 Å². The van der Waals surface area contributed by atoms with Gasteiger partial charge >= 0.3 is 0 Å². The number of pyridine rings is 1. The Morgan fingerprint density at radius 1 is 1.25 bits per heavy atom. The molecule has 0 saturated carbocycles. The molecule has 0 bridgehead atoms. The second kappa shape index (κ2) is 5.93. The summed E-state index contributed by atoms with van der Waals surface area (Å²) in [5.41, 5.74) is 0.939. The first-order valence-electron chi connectivity index (χ1n) is 7.43. The van der Waals surface area contributed by atoms with Crippen LogP contribution in [0.1, 0.15) is 9.80 Å². The SMILES string of the molecule is O=C(NCCn1ccc2ccoc2c1=O)c1nc2ccccc2s1. The summed E-state index contributed by atoms with van der Waals surface area (Å²) in [6.45, 7) is 0.701. The third-order valence-corrected chi connectivity index (χ3v) is 4.75. The quantitative estimate of drug-likeness (QED) is 0.620. The van der Waals surface area contributed by atoms with Crippen LogP contribution in [0.25, 0.3) is 21.2 Å². The predicted octanol–water partition coefficient (Wildman–Crippen LogP) is 2.63. The molecule has 0 fully saturated rings. The molecule has 6 nitrogen and oxygen atoms in total. The standard InChI is InChI=1S/C17H13N3O3S/c21-15(16-19-12-3-1-2-4-13(12)24-16)18-7-9-20-8-5-11-6-10-23-14(11)17(20)22/h1-6,8,10H,7,9H2,(H,18,21). The minimum Gasteiger partial charge on any atom is -0.459 e. The lowest BCUT2D eigenvalue weighted by atomic mass is 10.3. The molecule has 0 spiro atoms. The number of amides is 1. The van der Waals surface area contributed by atoms with E-state index in [1.165, 1.54) is 22.2 Å². The molecule has 1 aromatic carbocycles. The number of para-hydroxylation sites is 1. The van der Waals surface area contributed by atoms with Crippen LogP contribution in [0.4, 0.5) is 0 Å². The van der Waals surface area contributed by atoms with Crippen LogP contribution >= 0.6 is 11.3 Å². The van der Waals surface area contributed by atoms with Crippen LogP contribution in [0.2, 0.25) is 0 Å². The Hall–Kier alpha value is -2.93. The number of carbonyl (C=O) groups is 1. The number of nitrogens with one attached hydrogen (secondary N) is 1. The average molecular weight is 339 g/mol. The molecule has 7 heteroatoms. The van der Waals surface area contributed by atoms with Crippen LogP contribution in [0.5, 0.6) is 0 Å². The molecule has 24 heavy (non-hydrogen) atoms. The van der Waals surface area contributed by atoms with E-state index >= 15 is 0 Å². The first-order valence-corrected chi connectivity index (χ1v) is 8.24. The van der Waals surface area contributed by atoms with E-state index in [9.17, 15) is 9.59 Å². The molecule has 3 aromatic heterocycles. The fraction of sp³-hybridized carbons (Fsp3) is 0.118. The maximum Gasteiger partial charge on any atom is 0.294 e. The van der Waals surface area contributed by atoms with Crippen molar-refractivity contribution in [3.05, 3.63) is 64.2 Å². The number of carbonyl (C=O) groups excluding carboxylic acids is 1. The van der Waals surface area contributed by atoms with Crippen LogP contribution in [-0.2, 0) is 6.54 Å². The summed E-state index contributed by atoms with van der Waals surface area (Å²) in [6, 6.07) is 11.2. The van der Waals surface area contributed by atoms with Crippen molar-refractivity contribution in [1.82, 2.24) is 14.9 Å². The van der Waals surface area contributed by atoms with Crippen molar-refractivity contribution in [2.75, 3.05) is 6.54 Å². The van der Waals surface area contributed by atoms with Crippen LogP contribution in [0.3, 0.4) is 0 Å². The highest BCUT2D eigenvalue weighted by atomic mass is 32.1. The smallest absolute Gasteiger partial charge is 0.294 e. The topological polar surface area (TPSA) is 77.1 Å². The fourth-order valence-electron chi connectivity index (χ4n) is 2.50. The van der Waals surface area contributed by atoms with E-state index in [-0.39, 0.29) is 11.5 Å². The van der Waals surface area contributed by atoms with Gasteiger partial charge in [-0.3, -0.25) is 9.59 Å². The van der Waals surface area contributed by atoms with Crippen LogP contribution in [0.15, 0.2) is 58.1 Å². The molecular weight excluding hydrogens is 326 g/mol. The van der Waals surface area contributed by atoms with Gasteiger partial charge in [0.2, 0.25) is 0 Å². The Labute approximate surface area is 140 Å². The Morgan fingerprint density at radius 3 is 3.00 bits per heavy atom. The Bertz CT molecular complexity index is 1060. The van der Waals surface area contributed by atoms with Crippen molar-refractivity contribution in [2.24, 2.45) is 0 Å². The first kappa shape index (κ1) is 14.6. The molecule has 4 rings (SSSR count). The van der Waals surface area contributed by atoms with Gasteiger partial charge in [0, 0.05) is 24.7 Å². The number of furan rings is 1. The summed E-state index contributed by atoms with van der Waals surface area (Å²) in [5.74, 6) is -0.233. The second-order valence-corrected chi connectivity index (χ2v) is 6.29. The highest BCUT2D eigenvalue weighted by Gasteiger charge is 2.12. The van der Waals surface area contributed by atoms with Gasteiger partial charge in [-0.1, -0.05) is 12.1 Å². The molecule has 120 valence electrons. The first-order chi connectivity index (χ1) is 11.7. The van der Waals surface area contributed by atoms with Gasteiger partial charge in [-0.2, -0.15) is 0 Å². The molecule has 0 aliphatic heterocycles. The van der Waals surface area contributed by atoms with Gasteiger partial charge in [0.05, 0.1) is 16.5 Å². The summed E-state index contributed by atoms with van der Waals surface area (Å²) < 4.78 is 7.68. The molecule has 0 unspecified atom stereocenters. The van der Waals surface area contributed by atoms with Gasteiger partial charge in [-0.25, -0.2) is 4.98 Å². The lowest BCUT2D eigenvalue weighted by Gasteiger charge is -2.06. The largest absolute Gasteiger partial charge is 0.459 e. The summed E-state index contributed by atoms with van der Waals surface area (Å²) >= 11 is 1.35. The molecule has 1 N–H and O–H groups in total. The number of hydrogen-bond acceptors (Lipinski definition) is 5. The van der Waals surface area contributed by atoms with Gasteiger partial charge in [-0.05, 0) is 24.3 Å². The van der Waals surface area contributed by atoms with Gasteiger partial charge in [0.25, 0.3) is 11.5 Å². The molecule has 0 aliphatic carbocycles. The van der Waals surface area contributed by atoms with Crippen LogP contribution in [0, 0.1) is 0 Å². The molecular formula is C17H13N3O3S. The second-order valence-electron chi connectivity index (χ2n) is 5.26. The van der Waals surface area contributed by atoms with Crippen molar-refractivity contribution < 1.29 is 9.21 Å². The molecule has 0 aliphatic rings. The van der Waals surface area contributed by atoms with Crippen molar-refractivity contribution in [2.45, 2.75) is 6.54 Å². The number of thiazole rings is 1. The number of rotatable bonds is 4. The van der Waals surface area contributed by atoms with E-state index in [2.05, 4.69) is 10.3 Å². The number of nitrogens with zero attached hydrogens (tertiary/aromatic N) is 2. The zero-order valence-electron chi connectivity index (χ0n) is 12.6. The van der Waals surface area contributed by atoms with Gasteiger partial charge < -0.3 is 14.3 Å². The highest BCUT2D eigenvalue weighted by molar-refractivity contribution is 7.20. The molecule has 3 heterocycles. The van der Waals surface area contributed by atoms with E-state index in [0.29, 0.717) is 23.7 Å². The average Bonchev–Trinajstić information content (AvgIpc) is 3.23. The van der Waals surface area contributed by atoms with E-state index in [1.54, 1.807) is 12.3 Å². The Balaban J connectivity index is 1.45. The zero-order chi connectivity index (χ0) is 16.5. The molecule has 0 atom stereocenters. The van der Waals surface area contributed by atoms with E-state index in [4.69, 9.17) is 4.42 Å². The Morgan fingerprint density at radius 2 is 2.12 bits per heavy atom. The lowest BCUT2D eigenvalue weighted by molar-refractivity contribution is 0.0952. The monoisotopic (exact) mass is 339 g/mol. The number of aromatic nitrogens is 2. The molecule has 0 saturated heterocycles. The number of benzene rings is 1. The third kappa shape index (κ3) is 2.59. The van der Waals surface area contributed by atoms with Gasteiger partial charge in [0.15, 0.2) is 10.6 Å². The van der Waals surface area contributed by atoms with E-state index in [0.717, 1.165) is 15.6 Å². The van der Waals surface area contributed by atoms with Crippen LogP contribution < -0.4 is 10.9 Å². The minimum atomic E-state index is -0.233. The van der Waals surface area contributed by atoms with E-state index < -0.39 is 0 Å².